The first kappa shape index (κ1) is 38.8. The summed E-state index contributed by atoms with van der Waals surface area (Å²) >= 11 is 0. The molecule has 53 heavy (non-hydrogen) atoms. The Hall–Kier alpha value is -3.88. The van der Waals surface area contributed by atoms with Crippen LogP contribution in [0.4, 0.5) is 9.59 Å². The largest absolute Gasteiger partial charge is 0.494 e. The van der Waals surface area contributed by atoms with Crippen molar-refractivity contribution in [1.82, 2.24) is 19.8 Å². The van der Waals surface area contributed by atoms with E-state index in [-0.39, 0.29) is 31.9 Å². The zero-order chi connectivity index (χ0) is 38.1. The number of Topliss-reactive ketones (excluding diaryl/α,β-unsaturated/α-hetero) is 1. The highest BCUT2D eigenvalue weighted by Crippen LogP contribution is 2.58. The molecule has 1 aromatic carbocycles. The molecule has 5 bridgehead atoms. The zero-order valence-corrected chi connectivity index (χ0v) is 32.1. The standard InChI is InChI=1S/C38H54N4O10S/c1-5-26-19-38(26,34(45)40-53(48,49)29-13-14-29)20-31(43)30-18-28-23-42(30)33(44)32(37(2,3)4)39-35(46)51-16-10-8-6-7-9-15-50-27-12-11-24-21-41(36(47)52-28)22-25(24)17-27/h11-12,17,26,28-30,32H,5-10,13-16,18-23H2,1-4H3,(H,39,46)(H,40,45)/t26-,28+,30?,32+,38-/m0/s1. The van der Waals surface area contributed by atoms with Gasteiger partial charge in [0.15, 0.2) is 5.78 Å². The molecule has 3 aliphatic heterocycles. The highest BCUT2D eigenvalue weighted by molar-refractivity contribution is 7.90. The molecule has 5 aliphatic rings. The summed E-state index contributed by atoms with van der Waals surface area (Å²) < 4.78 is 45.1. The van der Waals surface area contributed by atoms with E-state index in [1.54, 1.807) is 25.7 Å². The second-order valence-electron chi connectivity index (χ2n) is 16.5. The molecular formula is C38H54N4O10S. The van der Waals surface area contributed by atoms with Crippen LogP contribution < -0.4 is 14.8 Å². The lowest BCUT2D eigenvalue weighted by molar-refractivity contribution is -0.142. The van der Waals surface area contributed by atoms with Crippen molar-refractivity contribution in [2.24, 2.45) is 16.7 Å². The van der Waals surface area contributed by atoms with Crippen molar-refractivity contribution < 1.29 is 46.6 Å². The first-order valence-corrected chi connectivity index (χ1v) is 20.7. The van der Waals surface area contributed by atoms with Gasteiger partial charge in [-0.25, -0.2) is 18.0 Å². The van der Waals surface area contributed by atoms with Crippen molar-refractivity contribution in [1.29, 1.82) is 0 Å². The average Bonchev–Trinajstić information content (AvgIpc) is 3.99. The Morgan fingerprint density at radius 3 is 2.32 bits per heavy atom. The Morgan fingerprint density at radius 1 is 0.981 bits per heavy atom. The monoisotopic (exact) mass is 758 g/mol. The summed E-state index contributed by atoms with van der Waals surface area (Å²) in [5.41, 5.74) is -0.0735. The van der Waals surface area contributed by atoms with E-state index in [0.29, 0.717) is 51.8 Å². The first-order chi connectivity index (χ1) is 25.1. The second-order valence-corrected chi connectivity index (χ2v) is 18.5. The van der Waals surface area contributed by atoms with Crippen molar-refractivity contribution >= 4 is 39.8 Å². The lowest BCUT2D eigenvalue weighted by atomic mass is 9.85. The third kappa shape index (κ3) is 8.92. The fourth-order valence-electron chi connectivity index (χ4n) is 7.91. The molecule has 3 heterocycles. The summed E-state index contributed by atoms with van der Waals surface area (Å²) in [5.74, 6) is -1.12. The molecule has 2 saturated carbocycles. The van der Waals surface area contributed by atoms with Crippen molar-refractivity contribution in [3.05, 3.63) is 29.3 Å². The summed E-state index contributed by atoms with van der Waals surface area (Å²) in [7, 11) is -3.84. The highest BCUT2D eigenvalue weighted by atomic mass is 32.2. The number of hydrogen-bond donors (Lipinski definition) is 2. The van der Waals surface area contributed by atoms with Gasteiger partial charge in [0.05, 0.1) is 36.5 Å². The Bertz CT molecular complexity index is 1710. The van der Waals surface area contributed by atoms with E-state index in [1.165, 1.54) is 4.90 Å². The lowest BCUT2D eigenvalue weighted by Crippen LogP contribution is -2.57. The number of nitrogens with one attached hydrogen (secondary N) is 2. The van der Waals surface area contributed by atoms with Gasteiger partial charge < -0.3 is 24.4 Å². The maximum atomic E-state index is 14.5. The van der Waals surface area contributed by atoms with Gasteiger partial charge >= 0.3 is 12.2 Å². The van der Waals surface area contributed by atoms with Gasteiger partial charge in [0.25, 0.3) is 0 Å². The molecule has 1 aromatic rings. The van der Waals surface area contributed by atoms with E-state index in [9.17, 15) is 32.4 Å². The van der Waals surface area contributed by atoms with Crippen LogP contribution in [0.25, 0.3) is 0 Å². The number of sulfonamides is 1. The van der Waals surface area contributed by atoms with Gasteiger partial charge in [0, 0.05) is 25.9 Å². The van der Waals surface area contributed by atoms with Crippen LogP contribution in [0.1, 0.15) is 109 Å². The van der Waals surface area contributed by atoms with Gasteiger partial charge in [0.2, 0.25) is 21.8 Å². The molecule has 0 radical (unpaired) electrons. The highest BCUT2D eigenvalue weighted by Gasteiger charge is 2.62. The Balaban J connectivity index is 1.24. The number of ketones is 1. The van der Waals surface area contributed by atoms with E-state index in [4.69, 9.17) is 14.2 Å². The molecular weight excluding hydrogens is 705 g/mol. The minimum Gasteiger partial charge on any atom is -0.494 e. The van der Waals surface area contributed by atoms with Gasteiger partial charge in [0.1, 0.15) is 17.9 Å². The Labute approximate surface area is 312 Å². The van der Waals surface area contributed by atoms with E-state index in [2.05, 4.69) is 10.0 Å². The number of alkyl carbamates (subject to hydrolysis) is 1. The van der Waals surface area contributed by atoms with Crippen LogP contribution in [0.15, 0.2) is 18.2 Å². The normalized spacial score (nSPS) is 28.8. The third-order valence-corrected chi connectivity index (χ3v) is 13.2. The van der Waals surface area contributed by atoms with Crippen LogP contribution in [-0.2, 0) is 47.0 Å². The molecule has 14 nitrogen and oxygen atoms in total. The van der Waals surface area contributed by atoms with Crippen molar-refractivity contribution in [3.63, 3.8) is 0 Å². The van der Waals surface area contributed by atoms with Crippen LogP contribution in [0.5, 0.6) is 5.75 Å². The molecule has 1 saturated heterocycles. The minimum atomic E-state index is -3.84. The summed E-state index contributed by atoms with van der Waals surface area (Å²) in [6.07, 6.45) is 3.74. The van der Waals surface area contributed by atoms with Crippen molar-refractivity contribution in [2.75, 3.05) is 19.8 Å². The molecule has 3 fully saturated rings. The van der Waals surface area contributed by atoms with Crippen LogP contribution >= 0.6 is 0 Å². The van der Waals surface area contributed by atoms with E-state index >= 15 is 0 Å². The number of ether oxygens (including phenoxy) is 3. The average molecular weight is 759 g/mol. The molecule has 2 aliphatic carbocycles. The SMILES string of the molecule is CC[C@H]1C[C@@]1(CC(=O)C1C[C@@H]2CN1C(=O)[C@H](C(C)(C)C)NC(=O)OCCCCCCCOc1ccc3c(c1)CN(C3)C(=O)O2)C(=O)NS(=O)(=O)C1CC1. The van der Waals surface area contributed by atoms with E-state index in [0.717, 1.165) is 42.6 Å². The summed E-state index contributed by atoms with van der Waals surface area (Å²) in [5, 5.41) is 2.13. The molecule has 6 rings (SSSR count). The number of nitrogens with zero attached hydrogens (tertiary/aromatic N) is 2. The molecule has 5 atom stereocenters. The maximum Gasteiger partial charge on any atom is 0.410 e. The lowest BCUT2D eigenvalue weighted by Gasteiger charge is -2.35. The number of cyclic esters (lactones) is 1. The van der Waals surface area contributed by atoms with Gasteiger partial charge in [-0.15, -0.1) is 0 Å². The molecule has 15 heteroatoms. The van der Waals surface area contributed by atoms with E-state index in [1.807, 2.05) is 25.1 Å². The predicted octanol–water partition coefficient (Wildman–Crippen LogP) is 4.58. The van der Waals surface area contributed by atoms with Gasteiger partial charge in [-0.3, -0.25) is 24.0 Å². The number of amides is 4. The number of carbonyl (C=O) groups is 5. The predicted molar refractivity (Wildman–Crippen MR) is 193 cm³/mol. The third-order valence-electron chi connectivity index (χ3n) is 11.4. The minimum absolute atomic E-state index is 0.00867. The van der Waals surface area contributed by atoms with Gasteiger partial charge in [-0.2, -0.15) is 0 Å². The zero-order valence-electron chi connectivity index (χ0n) is 31.3. The van der Waals surface area contributed by atoms with Crippen LogP contribution in [0.2, 0.25) is 0 Å². The first-order valence-electron chi connectivity index (χ1n) is 19.1. The van der Waals surface area contributed by atoms with Crippen LogP contribution in [0.3, 0.4) is 0 Å². The summed E-state index contributed by atoms with van der Waals surface area (Å²) in [4.78, 5) is 71.8. The van der Waals surface area contributed by atoms with Crippen LogP contribution in [-0.4, -0.2) is 91.2 Å². The number of benzene rings is 1. The maximum absolute atomic E-state index is 14.5. The Morgan fingerprint density at radius 2 is 1.66 bits per heavy atom. The molecule has 0 aromatic heterocycles. The molecule has 0 spiro atoms. The van der Waals surface area contributed by atoms with E-state index < -0.39 is 74.1 Å². The molecule has 1 unspecified atom stereocenters. The quantitative estimate of drug-likeness (QED) is 0.400. The van der Waals surface area contributed by atoms with Crippen molar-refractivity contribution in [2.45, 2.75) is 135 Å². The van der Waals surface area contributed by atoms with Crippen molar-refractivity contribution in [3.8, 4) is 5.75 Å². The fourth-order valence-corrected chi connectivity index (χ4v) is 9.30. The summed E-state index contributed by atoms with van der Waals surface area (Å²) in [6.45, 7) is 8.57. The van der Waals surface area contributed by atoms with Crippen LogP contribution in [0, 0.1) is 16.7 Å². The van der Waals surface area contributed by atoms with Gasteiger partial charge in [-0.05, 0) is 66.7 Å². The number of carbonyl (C=O) groups excluding carboxylic acids is 5. The summed E-state index contributed by atoms with van der Waals surface area (Å²) in [6, 6.07) is 3.63. The fraction of sp³-hybridized carbons (Fsp3) is 0.711. The number of rotatable bonds is 7. The van der Waals surface area contributed by atoms with Gasteiger partial charge in [-0.1, -0.05) is 59.4 Å². The smallest absolute Gasteiger partial charge is 0.410 e. The topological polar surface area (TPSA) is 178 Å². The molecule has 2 N–H and O–H groups in total. The molecule has 4 amide bonds. The Kier molecular flexibility index (Phi) is 11.3. The second kappa shape index (κ2) is 15.5. The molecule has 292 valence electrons. The number of hydrogen-bond acceptors (Lipinski definition) is 10. The number of fused-ring (bicyclic) bond motifs is 4.